The van der Waals surface area contributed by atoms with Gasteiger partial charge in [0.1, 0.15) is 0 Å². The number of rotatable bonds is 4. The number of nitrogens with two attached hydrogens (primary N) is 1. The van der Waals surface area contributed by atoms with Gasteiger partial charge in [0.15, 0.2) is 0 Å². The lowest BCUT2D eigenvalue weighted by atomic mass is 10.3. The van der Waals surface area contributed by atoms with Gasteiger partial charge < -0.3 is 10.6 Å². The average molecular weight is 201 g/mol. The van der Waals surface area contributed by atoms with E-state index in [9.17, 15) is 4.79 Å². The molecule has 5 N–H and O–H groups in total. The topological polar surface area (TPSA) is 91.5 Å². The normalized spacial score (nSPS) is 11.4. The van der Waals surface area contributed by atoms with Gasteiger partial charge in [-0.2, -0.15) is 0 Å². The van der Waals surface area contributed by atoms with Crippen LogP contribution < -0.4 is 21.9 Å². The van der Waals surface area contributed by atoms with Gasteiger partial charge in [0.2, 0.25) is 11.9 Å². The van der Waals surface area contributed by atoms with Gasteiger partial charge in [-0.1, -0.05) is 0 Å². The number of nitrogens with one attached hydrogen (secondary N) is 3. The standard InChI is InChI=1S/C8H19N5O/c1-6(2)12-7(14)4-5-11-8(10-3)13-9/h6H,4-5,9H2,1-3H3,(H,12,14)(H2,10,11,13). The minimum absolute atomic E-state index is 0.0139. The Balaban J connectivity index is 3.58. The molecule has 0 aromatic heterocycles. The first-order valence-corrected chi connectivity index (χ1v) is 4.56. The number of carbonyl (C=O) groups excluding carboxylic acids is 1. The van der Waals surface area contributed by atoms with Crippen LogP contribution in [-0.4, -0.2) is 31.5 Å². The third-order valence-corrected chi connectivity index (χ3v) is 1.45. The molecule has 0 bridgehead atoms. The van der Waals surface area contributed by atoms with Gasteiger partial charge in [0.05, 0.1) is 0 Å². The Hall–Kier alpha value is -1.30. The van der Waals surface area contributed by atoms with Crippen LogP contribution in [0.1, 0.15) is 20.3 Å². The Bertz CT molecular complexity index is 202. The summed E-state index contributed by atoms with van der Waals surface area (Å²) in [7, 11) is 1.61. The first-order valence-electron chi connectivity index (χ1n) is 4.56. The highest BCUT2D eigenvalue weighted by molar-refractivity contribution is 5.80. The molecule has 0 aliphatic heterocycles. The zero-order chi connectivity index (χ0) is 11.0. The van der Waals surface area contributed by atoms with Gasteiger partial charge >= 0.3 is 0 Å². The number of guanidine groups is 1. The number of hydrogen-bond donors (Lipinski definition) is 4. The van der Waals surface area contributed by atoms with E-state index in [-0.39, 0.29) is 11.9 Å². The number of amides is 1. The van der Waals surface area contributed by atoms with Crippen molar-refractivity contribution in [1.82, 2.24) is 16.1 Å². The molecule has 0 radical (unpaired) electrons. The Labute approximate surface area is 84.3 Å². The number of carbonyl (C=O) groups is 1. The molecule has 0 unspecified atom stereocenters. The van der Waals surface area contributed by atoms with E-state index in [4.69, 9.17) is 5.84 Å². The van der Waals surface area contributed by atoms with Crippen molar-refractivity contribution >= 4 is 11.9 Å². The molecule has 82 valence electrons. The first kappa shape index (κ1) is 12.7. The molecule has 0 atom stereocenters. The SMILES string of the molecule is CN=C(NN)NCCC(=O)NC(C)C. The minimum atomic E-state index is 0.0139. The summed E-state index contributed by atoms with van der Waals surface area (Å²) in [6, 6.07) is 0.175. The van der Waals surface area contributed by atoms with Gasteiger partial charge in [-0.15, -0.1) is 0 Å². The minimum Gasteiger partial charge on any atom is -0.355 e. The summed E-state index contributed by atoms with van der Waals surface area (Å²) in [5, 5.41) is 5.66. The molecule has 0 saturated heterocycles. The third kappa shape index (κ3) is 6.24. The van der Waals surface area contributed by atoms with E-state index in [1.54, 1.807) is 7.05 Å². The summed E-state index contributed by atoms with van der Waals surface area (Å²) in [6.45, 7) is 4.35. The molecule has 6 heteroatoms. The third-order valence-electron chi connectivity index (χ3n) is 1.45. The second-order valence-corrected chi connectivity index (χ2v) is 3.12. The van der Waals surface area contributed by atoms with Crippen LogP contribution in [0, 0.1) is 0 Å². The van der Waals surface area contributed by atoms with E-state index < -0.39 is 0 Å². The van der Waals surface area contributed by atoms with Crippen molar-refractivity contribution in [3.8, 4) is 0 Å². The molecule has 0 spiro atoms. The summed E-state index contributed by atoms with van der Waals surface area (Å²) in [5.41, 5.74) is 2.37. The van der Waals surface area contributed by atoms with Crippen molar-refractivity contribution in [2.75, 3.05) is 13.6 Å². The van der Waals surface area contributed by atoms with Gasteiger partial charge in [0.25, 0.3) is 0 Å². The molecule has 0 fully saturated rings. The fourth-order valence-electron chi connectivity index (χ4n) is 0.883. The van der Waals surface area contributed by atoms with Crippen LogP contribution in [0.2, 0.25) is 0 Å². The Morgan fingerprint density at radius 3 is 2.57 bits per heavy atom. The predicted octanol–water partition coefficient (Wildman–Crippen LogP) is -1.06. The number of aliphatic imine (C=N–C) groups is 1. The summed E-state index contributed by atoms with van der Waals surface area (Å²) >= 11 is 0. The molecule has 1 amide bonds. The molecule has 0 aromatic rings. The van der Waals surface area contributed by atoms with Gasteiger partial charge in [-0.05, 0) is 13.8 Å². The summed E-state index contributed by atoms with van der Waals surface area (Å²) in [6.07, 6.45) is 0.402. The summed E-state index contributed by atoms with van der Waals surface area (Å²) in [5.74, 6) is 5.63. The zero-order valence-electron chi connectivity index (χ0n) is 8.92. The molecule has 0 aliphatic carbocycles. The van der Waals surface area contributed by atoms with Crippen molar-refractivity contribution in [3.63, 3.8) is 0 Å². The van der Waals surface area contributed by atoms with E-state index in [0.717, 1.165) is 0 Å². The number of hydrogen-bond acceptors (Lipinski definition) is 3. The highest BCUT2D eigenvalue weighted by Gasteiger charge is 2.02. The first-order chi connectivity index (χ1) is 6.60. The quantitative estimate of drug-likeness (QED) is 0.202. The molecule has 0 aliphatic rings. The predicted molar refractivity (Wildman–Crippen MR) is 56.6 cm³/mol. The second-order valence-electron chi connectivity index (χ2n) is 3.12. The summed E-state index contributed by atoms with van der Waals surface area (Å²) < 4.78 is 0. The molecule has 0 saturated carbocycles. The maximum atomic E-state index is 11.2. The van der Waals surface area contributed by atoms with E-state index in [2.05, 4.69) is 21.1 Å². The molecule has 0 heterocycles. The molecule has 0 aromatic carbocycles. The monoisotopic (exact) mass is 201 g/mol. The fraction of sp³-hybridized carbons (Fsp3) is 0.750. The Kier molecular flexibility index (Phi) is 6.47. The summed E-state index contributed by atoms with van der Waals surface area (Å²) in [4.78, 5) is 15.0. The number of hydrazine groups is 1. The maximum Gasteiger partial charge on any atom is 0.221 e. The Morgan fingerprint density at radius 2 is 2.14 bits per heavy atom. The van der Waals surface area contributed by atoms with Crippen LogP contribution in [0.5, 0.6) is 0 Å². The van der Waals surface area contributed by atoms with Crippen molar-refractivity contribution in [2.45, 2.75) is 26.3 Å². The average Bonchev–Trinajstić information content (AvgIpc) is 2.11. The van der Waals surface area contributed by atoms with Gasteiger partial charge in [-0.25, -0.2) is 5.84 Å². The number of nitrogens with zero attached hydrogens (tertiary/aromatic N) is 1. The van der Waals surface area contributed by atoms with Crippen LogP contribution in [0.15, 0.2) is 4.99 Å². The van der Waals surface area contributed by atoms with E-state index in [1.165, 1.54) is 0 Å². The van der Waals surface area contributed by atoms with Crippen LogP contribution in [0.3, 0.4) is 0 Å². The van der Waals surface area contributed by atoms with Crippen molar-refractivity contribution in [2.24, 2.45) is 10.8 Å². The van der Waals surface area contributed by atoms with Crippen molar-refractivity contribution in [1.29, 1.82) is 0 Å². The van der Waals surface area contributed by atoms with Crippen LogP contribution in [0.25, 0.3) is 0 Å². The van der Waals surface area contributed by atoms with E-state index >= 15 is 0 Å². The molecular weight excluding hydrogens is 182 g/mol. The smallest absolute Gasteiger partial charge is 0.221 e. The van der Waals surface area contributed by atoms with Gasteiger partial charge in [-0.3, -0.25) is 15.2 Å². The lowest BCUT2D eigenvalue weighted by molar-refractivity contribution is -0.121. The molecule has 0 rings (SSSR count). The molecule has 14 heavy (non-hydrogen) atoms. The van der Waals surface area contributed by atoms with Crippen molar-refractivity contribution < 1.29 is 4.79 Å². The highest BCUT2D eigenvalue weighted by Crippen LogP contribution is 1.81. The van der Waals surface area contributed by atoms with E-state index in [1.807, 2.05) is 13.8 Å². The second kappa shape index (κ2) is 7.14. The van der Waals surface area contributed by atoms with Crippen molar-refractivity contribution in [3.05, 3.63) is 0 Å². The highest BCUT2D eigenvalue weighted by atomic mass is 16.1. The molecule has 6 nitrogen and oxygen atoms in total. The van der Waals surface area contributed by atoms with Crippen LogP contribution in [-0.2, 0) is 4.79 Å². The maximum absolute atomic E-state index is 11.2. The fourth-order valence-corrected chi connectivity index (χ4v) is 0.883. The lowest BCUT2D eigenvalue weighted by Crippen LogP contribution is -2.43. The van der Waals surface area contributed by atoms with E-state index in [0.29, 0.717) is 18.9 Å². The molecular formula is C8H19N5O. The van der Waals surface area contributed by atoms with Crippen LogP contribution >= 0.6 is 0 Å². The Morgan fingerprint density at radius 1 is 1.50 bits per heavy atom. The zero-order valence-corrected chi connectivity index (χ0v) is 8.92. The van der Waals surface area contributed by atoms with Gasteiger partial charge in [0, 0.05) is 26.1 Å². The lowest BCUT2D eigenvalue weighted by Gasteiger charge is -2.10. The van der Waals surface area contributed by atoms with Crippen LogP contribution in [0.4, 0.5) is 0 Å². The largest absolute Gasteiger partial charge is 0.355 e.